The van der Waals surface area contributed by atoms with Gasteiger partial charge in [-0.2, -0.15) is 0 Å². The molecule has 0 bridgehead atoms. The van der Waals surface area contributed by atoms with Crippen molar-refractivity contribution < 1.29 is 4.39 Å². The molecule has 0 unspecified atom stereocenters. The fourth-order valence-electron chi connectivity index (χ4n) is 3.12. The predicted molar refractivity (Wildman–Crippen MR) is 95.3 cm³/mol. The van der Waals surface area contributed by atoms with E-state index in [9.17, 15) is 4.39 Å². The molecule has 1 atom stereocenters. The third-order valence-corrected chi connectivity index (χ3v) is 4.93. The largest absolute Gasteiger partial charge is 0.310 e. The van der Waals surface area contributed by atoms with Gasteiger partial charge in [-0.25, -0.2) is 4.39 Å². The Morgan fingerprint density at radius 3 is 2.43 bits per heavy atom. The maximum Gasteiger partial charge on any atom is 0.126 e. The van der Waals surface area contributed by atoms with Gasteiger partial charge in [-0.05, 0) is 64.4 Å². The average Bonchev–Trinajstić information content (AvgIpc) is 2.54. The van der Waals surface area contributed by atoms with Gasteiger partial charge in [0.05, 0.1) is 0 Å². The van der Waals surface area contributed by atoms with E-state index >= 15 is 0 Å². The highest BCUT2D eigenvalue weighted by molar-refractivity contribution is 5.25. The second-order valence-electron chi connectivity index (χ2n) is 7.01. The van der Waals surface area contributed by atoms with E-state index in [-0.39, 0.29) is 11.9 Å². The van der Waals surface area contributed by atoms with Crippen molar-refractivity contribution in [1.82, 2.24) is 15.1 Å². The normalized spacial score (nSPS) is 18.5. The van der Waals surface area contributed by atoms with Crippen molar-refractivity contribution in [2.24, 2.45) is 0 Å². The number of halogens is 1. The van der Waals surface area contributed by atoms with Gasteiger partial charge in [0.2, 0.25) is 0 Å². The van der Waals surface area contributed by atoms with Crippen LogP contribution in [0.4, 0.5) is 4.39 Å². The van der Waals surface area contributed by atoms with Gasteiger partial charge in [-0.1, -0.05) is 12.1 Å². The standard InChI is InChI=1S/C19H32FN3/c1-15(2)23-12-10-22(11-13-23)9-5-8-21-17(4)18-7-6-16(3)19(20)14-18/h6-7,14-15,17,21H,5,8-13H2,1-4H3/t17-/m0/s1. The average molecular weight is 321 g/mol. The van der Waals surface area contributed by atoms with Crippen LogP contribution in [-0.2, 0) is 0 Å². The first kappa shape index (κ1) is 18.4. The number of nitrogens with one attached hydrogen (secondary N) is 1. The summed E-state index contributed by atoms with van der Waals surface area (Å²) in [6.07, 6.45) is 1.14. The molecule has 1 aromatic rings. The van der Waals surface area contributed by atoms with Gasteiger partial charge in [0.25, 0.3) is 0 Å². The summed E-state index contributed by atoms with van der Waals surface area (Å²) in [6.45, 7) is 15.3. The van der Waals surface area contributed by atoms with E-state index in [0.717, 1.165) is 25.1 Å². The molecular formula is C19H32FN3. The Kier molecular flexibility index (Phi) is 7.00. The molecule has 4 heteroatoms. The van der Waals surface area contributed by atoms with Crippen LogP contribution in [0.1, 0.15) is 44.4 Å². The third kappa shape index (κ3) is 5.55. The van der Waals surface area contributed by atoms with Crippen LogP contribution in [0.25, 0.3) is 0 Å². The van der Waals surface area contributed by atoms with E-state index in [2.05, 4.69) is 35.9 Å². The molecule has 0 spiro atoms. The molecule has 1 saturated heterocycles. The van der Waals surface area contributed by atoms with Gasteiger partial charge >= 0.3 is 0 Å². The second-order valence-corrected chi connectivity index (χ2v) is 7.01. The van der Waals surface area contributed by atoms with Gasteiger partial charge < -0.3 is 10.2 Å². The molecule has 2 rings (SSSR count). The number of rotatable bonds is 7. The zero-order chi connectivity index (χ0) is 16.8. The van der Waals surface area contributed by atoms with Crippen LogP contribution in [0.3, 0.4) is 0 Å². The summed E-state index contributed by atoms with van der Waals surface area (Å²) in [5, 5.41) is 3.51. The van der Waals surface area contributed by atoms with Crippen LogP contribution < -0.4 is 5.32 Å². The van der Waals surface area contributed by atoms with Gasteiger partial charge in [0, 0.05) is 38.3 Å². The summed E-state index contributed by atoms with van der Waals surface area (Å²) >= 11 is 0. The molecular weight excluding hydrogens is 289 g/mol. The van der Waals surface area contributed by atoms with Crippen LogP contribution in [-0.4, -0.2) is 55.1 Å². The van der Waals surface area contributed by atoms with Crippen molar-refractivity contribution in [3.63, 3.8) is 0 Å². The van der Waals surface area contributed by atoms with Crippen LogP contribution in [0.2, 0.25) is 0 Å². The number of nitrogens with zero attached hydrogens (tertiary/aromatic N) is 2. The molecule has 1 heterocycles. The highest BCUT2D eigenvalue weighted by Crippen LogP contribution is 2.16. The summed E-state index contributed by atoms with van der Waals surface area (Å²) in [5.41, 5.74) is 1.74. The number of aryl methyl sites for hydroxylation is 1. The number of piperazine rings is 1. The summed E-state index contributed by atoms with van der Waals surface area (Å²) in [4.78, 5) is 5.10. The summed E-state index contributed by atoms with van der Waals surface area (Å²) in [6, 6.07) is 6.38. The van der Waals surface area contributed by atoms with E-state index in [0.29, 0.717) is 11.6 Å². The van der Waals surface area contributed by atoms with Crippen LogP contribution in [0, 0.1) is 12.7 Å². The van der Waals surface area contributed by atoms with Crippen LogP contribution in [0.15, 0.2) is 18.2 Å². The van der Waals surface area contributed by atoms with Crippen molar-refractivity contribution in [2.45, 2.75) is 46.2 Å². The molecule has 1 N–H and O–H groups in total. The Morgan fingerprint density at radius 2 is 1.83 bits per heavy atom. The molecule has 23 heavy (non-hydrogen) atoms. The third-order valence-electron chi connectivity index (χ3n) is 4.93. The lowest BCUT2D eigenvalue weighted by molar-refractivity contribution is 0.107. The molecule has 0 saturated carbocycles. The number of benzene rings is 1. The molecule has 3 nitrogen and oxygen atoms in total. The number of hydrogen-bond acceptors (Lipinski definition) is 3. The Balaban J connectivity index is 1.64. The lowest BCUT2D eigenvalue weighted by atomic mass is 10.1. The van der Waals surface area contributed by atoms with E-state index in [1.807, 2.05) is 12.1 Å². The zero-order valence-electron chi connectivity index (χ0n) is 15.1. The fourth-order valence-corrected chi connectivity index (χ4v) is 3.12. The van der Waals surface area contributed by atoms with Crippen molar-refractivity contribution in [3.8, 4) is 0 Å². The van der Waals surface area contributed by atoms with Crippen molar-refractivity contribution in [3.05, 3.63) is 35.1 Å². The summed E-state index contributed by atoms with van der Waals surface area (Å²) in [7, 11) is 0. The van der Waals surface area contributed by atoms with Crippen LogP contribution in [0.5, 0.6) is 0 Å². The Hall–Kier alpha value is -0.970. The molecule has 0 aliphatic carbocycles. The quantitative estimate of drug-likeness (QED) is 0.778. The molecule has 1 aliphatic rings. The lowest BCUT2D eigenvalue weighted by Gasteiger charge is -2.37. The minimum Gasteiger partial charge on any atom is -0.310 e. The first-order valence-electron chi connectivity index (χ1n) is 8.93. The van der Waals surface area contributed by atoms with Gasteiger partial charge in [-0.15, -0.1) is 0 Å². The minimum atomic E-state index is -0.112. The first-order chi connectivity index (χ1) is 11.0. The highest BCUT2D eigenvalue weighted by Gasteiger charge is 2.18. The monoisotopic (exact) mass is 321 g/mol. The minimum absolute atomic E-state index is 0.112. The first-order valence-corrected chi connectivity index (χ1v) is 8.93. The molecule has 1 aliphatic heterocycles. The molecule has 1 aromatic carbocycles. The Bertz CT molecular complexity index is 482. The SMILES string of the molecule is Cc1ccc([C@H](C)NCCCN2CCN(C(C)C)CC2)cc1F. The van der Waals surface area contributed by atoms with Crippen molar-refractivity contribution in [1.29, 1.82) is 0 Å². The smallest absolute Gasteiger partial charge is 0.126 e. The van der Waals surface area contributed by atoms with E-state index in [4.69, 9.17) is 0 Å². The summed E-state index contributed by atoms with van der Waals surface area (Å²) < 4.78 is 13.6. The molecule has 0 amide bonds. The maximum absolute atomic E-state index is 13.6. The second kappa shape index (κ2) is 8.76. The van der Waals surface area contributed by atoms with Crippen molar-refractivity contribution in [2.75, 3.05) is 39.3 Å². The topological polar surface area (TPSA) is 18.5 Å². The summed E-state index contributed by atoms with van der Waals surface area (Å²) in [5.74, 6) is -0.112. The molecule has 0 radical (unpaired) electrons. The van der Waals surface area contributed by atoms with E-state index < -0.39 is 0 Å². The number of hydrogen-bond donors (Lipinski definition) is 1. The van der Waals surface area contributed by atoms with Gasteiger partial charge in [-0.3, -0.25) is 4.90 Å². The molecule has 1 fully saturated rings. The van der Waals surface area contributed by atoms with Crippen molar-refractivity contribution >= 4 is 0 Å². The molecule has 0 aromatic heterocycles. The predicted octanol–water partition coefficient (Wildman–Crippen LogP) is 3.20. The highest BCUT2D eigenvalue weighted by atomic mass is 19.1. The Morgan fingerprint density at radius 1 is 1.13 bits per heavy atom. The Labute approximate surface area is 140 Å². The van der Waals surface area contributed by atoms with E-state index in [1.54, 1.807) is 13.0 Å². The van der Waals surface area contributed by atoms with E-state index in [1.165, 1.54) is 26.2 Å². The van der Waals surface area contributed by atoms with Gasteiger partial charge in [0.1, 0.15) is 5.82 Å². The maximum atomic E-state index is 13.6. The lowest BCUT2D eigenvalue weighted by Crippen LogP contribution is -2.49. The van der Waals surface area contributed by atoms with Gasteiger partial charge in [0.15, 0.2) is 0 Å². The zero-order valence-corrected chi connectivity index (χ0v) is 15.1. The van der Waals surface area contributed by atoms with Crippen LogP contribution >= 0.6 is 0 Å². The fraction of sp³-hybridized carbons (Fsp3) is 0.684. The molecule has 130 valence electrons.